The Balaban J connectivity index is 0.804. The number of unbranched alkanes of at least 4 members (excludes halogenated alkanes) is 1. The van der Waals surface area contributed by atoms with Gasteiger partial charge in [-0.2, -0.15) is 11.8 Å². The molecule has 14 nitrogen and oxygen atoms in total. The van der Waals surface area contributed by atoms with Crippen LogP contribution in [0.25, 0.3) is 0 Å². The number of ether oxygens (including phenoxy) is 2. The Morgan fingerprint density at radius 1 is 1.02 bits per heavy atom. The Morgan fingerprint density at radius 3 is 2.60 bits per heavy atom. The largest absolute Gasteiger partial charge is 0.393 e. The number of thioether (sulfide) groups is 1. The van der Waals surface area contributed by atoms with Crippen LogP contribution in [0.4, 0.5) is 10.5 Å². The summed E-state index contributed by atoms with van der Waals surface area (Å²) in [5.41, 5.74) is 8.53. The molecule has 1 aromatic heterocycles. The van der Waals surface area contributed by atoms with E-state index in [-0.39, 0.29) is 49.0 Å². The van der Waals surface area contributed by atoms with E-state index in [4.69, 9.17) is 20.0 Å². The first kappa shape index (κ1) is 33.0. The van der Waals surface area contributed by atoms with Crippen LogP contribution in [0.15, 0.2) is 30.5 Å². The van der Waals surface area contributed by atoms with Crippen molar-refractivity contribution >= 4 is 35.3 Å². The maximum atomic E-state index is 12.3. The first-order chi connectivity index (χ1) is 21.9. The second kappa shape index (κ2) is 16.8. The smallest absolute Gasteiger partial charge is 0.315 e. The summed E-state index contributed by atoms with van der Waals surface area (Å²) >= 11 is 1.90. The van der Waals surface area contributed by atoms with Crippen LogP contribution in [0.1, 0.15) is 55.7 Å². The summed E-state index contributed by atoms with van der Waals surface area (Å²) < 4.78 is 11.0. The Bertz CT molecular complexity index is 1260. The number of hydrogen-bond donors (Lipinski definition) is 5. The van der Waals surface area contributed by atoms with Crippen molar-refractivity contribution < 1.29 is 28.7 Å². The maximum Gasteiger partial charge on any atom is 0.315 e. The van der Waals surface area contributed by atoms with Gasteiger partial charge in [0, 0.05) is 54.5 Å². The number of carbonyl (C=O) groups excluding carboxylic acids is 3. The standard InChI is InChI=1S/C30H44N8O6S/c31-24-17-23(24)20-5-7-21(8-6-20)33-28(40)10-9-22-18-38(37-36-22)44-16-15-43-14-13-42-12-11-32-27(39)4-2-1-3-26-29-25(19-45-26)34-30(41)35-29/h5-8,18,23-26,29H,1-4,9-17,19,31H2,(H,32,39)(H,33,40)(H2,34,35,41)/t23-,24+,25-,26-,29-/m0/s1. The summed E-state index contributed by atoms with van der Waals surface area (Å²) in [5, 5.41) is 20.1. The van der Waals surface area contributed by atoms with Crippen LogP contribution in [-0.4, -0.2) is 102 Å². The number of rotatable bonds is 20. The van der Waals surface area contributed by atoms with Gasteiger partial charge in [0.05, 0.1) is 50.4 Å². The molecule has 0 spiro atoms. The molecular weight excluding hydrogens is 600 g/mol. The van der Waals surface area contributed by atoms with Gasteiger partial charge in [-0.3, -0.25) is 9.59 Å². The molecule has 5 rings (SSSR count). The van der Waals surface area contributed by atoms with E-state index in [1.165, 1.54) is 10.4 Å². The van der Waals surface area contributed by atoms with E-state index in [9.17, 15) is 14.4 Å². The first-order valence-electron chi connectivity index (χ1n) is 15.8. The lowest BCUT2D eigenvalue weighted by molar-refractivity contribution is -0.121. The number of anilines is 1. The van der Waals surface area contributed by atoms with Crippen molar-refractivity contribution in [2.75, 3.05) is 50.6 Å². The number of aryl methyl sites for hydroxylation is 1. The number of hydrogen-bond acceptors (Lipinski definition) is 10. The lowest BCUT2D eigenvalue weighted by Gasteiger charge is -2.16. The van der Waals surface area contributed by atoms with Crippen LogP contribution in [0.5, 0.6) is 0 Å². The second-order valence-electron chi connectivity index (χ2n) is 11.6. The van der Waals surface area contributed by atoms with Crippen molar-refractivity contribution in [1.29, 1.82) is 0 Å². The molecule has 3 aliphatic rings. The lowest BCUT2D eigenvalue weighted by Crippen LogP contribution is -2.36. The molecule has 1 aromatic carbocycles. The van der Waals surface area contributed by atoms with Crippen molar-refractivity contribution in [3.8, 4) is 0 Å². The highest BCUT2D eigenvalue weighted by Gasteiger charge is 2.42. The summed E-state index contributed by atoms with van der Waals surface area (Å²) in [4.78, 5) is 42.6. The molecule has 3 fully saturated rings. The van der Waals surface area contributed by atoms with Crippen molar-refractivity contribution in [1.82, 2.24) is 31.1 Å². The monoisotopic (exact) mass is 644 g/mol. The average molecular weight is 645 g/mol. The molecule has 6 N–H and O–H groups in total. The third kappa shape index (κ3) is 10.6. The van der Waals surface area contributed by atoms with E-state index in [1.54, 1.807) is 6.20 Å². The summed E-state index contributed by atoms with van der Waals surface area (Å²) in [6.45, 7) is 2.34. The zero-order valence-electron chi connectivity index (χ0n) is 25.4. The molecule has 1 aliphatic carbocycles. The van der Waals surface area contributed by atoms with Crippen molar-refractivity contribution in [2.45, 2.75) is 74.2 Å². The molecule has 15 heteroatoms. The zero-order chi connectivity index (χ0) is 31.4. The molecule has 45 heavy (non-hydrogen) atoms. The number of nitrogens with two attached hydrogens (primary N) is 1. The Labute approximate surface area is 267 Å². The Hall–Kier alpha value is -3.40. The van der Waals surface area contributed by atoms with E-state index < -0.39 is 0 Å². The number of amides is 4. The van der Waals surface area contributed by atoms with Crippen LogP contribution >= 0.6 is 11.8 Å². The second-order valence-corrected chi connectivity index (χ2v) is 12.8. The topological polar surface area (TPSA) is 184 Å². The van der Waals surface area contributed by atoms with Gasteiger partial charge in [-0.1, -0.05) is 23.4 Å². The van der Waals surface area contributed by atoms with Gasteiger partial charge >= 0.3 is 6.03 Å². The third-order valence-electron chi connectivity index (χ3n) is 8.06. The van der Waals surface area contributed by atoms with E-state index >= 15 is 0 Å². The lowest BCUT2D eigenvalue weighted by atomic mass is 10.0. The van der Waals surface area contributed by atoms with Crippen molar-refractivity contribution in [3.05, 3.63) is 41.7 Å². The Kier molecular flexibility index (Phi) is 12.3. The molecule has 3 heterocycles. The molecule has 0 radical (unpaired) electrons. The van der Waals surface area contributed by atoms with E-state index in [2.05, 4.69) is 31.6 Å². The van der Waals surface area contributed by atoms with Gasteiger partial charge in [0.25, 0.3) is 0 Å². The quantitative estimate of drug-likeness (QED) is 0.103. The molecule has 246 valence electrons. The molecule has 2 saturated heterocycles. The molecule has 2 aliphatic heterocycles. The summed E-state index contributed by atoms with van der Waals surface area (Å²) in [6.07, 6.45) is 6.69. The third-order valence-corrected chi connectivity index (χ3v) is 9.57. The van der Waals surface area contributed by atoms with Gasteiger partial charge in [0.2, 0.25) is 11.8 Å². The number of urea groups is 1. The number of benzene rings is 1. The van der Waals surface area contributed by atoms with Gasteiger partial charge in [0.15, 0.2) is 0 Å². The predicted octanol–water partition coefficient (Wildman–Crippen LogP) is 0.968. The zero-order valence-corrected chi connectivity index (χ0v) is 26.3. The molecule has 0 bridgehead atoms. The fraction of sp³-hybridized carbons (Fsp3) is 0.633. The minimum absolute atomic E-state index is 0.0276. The number of fused-ring (bicyclic) bond motifs is 1. The van der Waals surface area contributed by atoms with Crippen LogP contribution < -0.4 is 31.8 Å². The molecule has 1 saturated carbocycles. The highest BCUT2D eigenvalue weighted by atomic mass is 32.2. The van der Waals surface area contributed by atoms with E-state index in [0.717, 1.165) is 37.1 Å². The fourth-order valence-corrected chi connectivity index (χ4v) is 7.02. The van der Waals surface area contributed by atoms with Crippen LogP contribution in [-0.2, 0) is 25.5 Å². The van der Waals surface area contributed by atoms with E-state index in [0.29, 0.717) is 62.7 Å². The number of nitrogens with zero attached hydrogens (tertiary/aromatic N) is 3. The number of carbonyl (C=O) groups is 3. The first-order valence-corrected chi connectivity index (χ1v) is 16.8. The molecule has 0 unspecified atom stereocenters. The van der Waals surface area contributed by atoms with Crippen molar-refractivity contribution in [3.63, 3.8) is 0 Å². The minimum Gasteiger partial charge on any atom is -0.393 e. The maximum absolute atomic E-state index is 12.3. The van der Waals surface area contributed by atoms with Crippen LogP contribution in [0.2, 0.25) is 0 Å². The number of aromatic nitrogens is 3. The highest BCUT2D eigenvalue weighted by molar-refractivity contribution is 8.00. The van der Waals surface area contributed by atoms with E-state index in [1.807, 2.05) is 36.0 Å². The normalized spacial score (nSPS) is 23.2. The molecular formula is C30H44N8O6S. The molecule has 4 amide bonds. The summed E-state index contributed by atoms with van der Waals surface area (Å²) in [7, 11) is 0. The number of nitrogens with one attached hydrogen (secondary N) is 4. The van der Waals surface area contributed by atoms with Gasteiger partial charge in [0.1, 0.15) is 6.61 Å². The van der Waals surface area contributed by atoms with Crippen LogP contribution in [0.3, 0.4) is 0 Å². The SMILES string of the molecule is N[C@@H]1C[C@H]1c1ccc(NC(=O)CCc2cn(OCCOCCOCCNC(=O)CCCC[C@@H]3SC[C@@H]4NC(=O)N[C@@H]43)nn2)cc1. The summed E-state index contributed by atoms with van der Waals surface area (Å²) in [6, 6.07) is 8.49. The minimum atomic E-state index is -0.0949. The van der Waals surface area contributed by atoms with Gasteiger partial charge in [-0.05, 0) is 42.2 Å². The van der Waals surface area contributed by atoms with Crippen molar-refractivity contribution in [2.24, 2.45) is 5.73 Å². The molecule has 2 aromatic rings. The summed E-state index contributed by atoms with van der Waals surface area (Å²) in [5.74, 6) is 1.33. The molecule has 5 atom stereocenters. The Morgan fingerprint density at radius 2 is 1.80 bits per heavy atom. The average Bonchev–Trinajstić information content (AvgIpc) is 3.31. The van der Waals surface area contributed by atoms with Crippen LogP contribution in [0, 0.1) is 0 Å². The van der Waals surface area contributed by atoms with Gasteiger partial charge in [-0.15, -0.1) is 5.10 Å². The van der Waals surface area contributed by atoms with Gasteiger partial charge in [-0.25, -0.2) is 4.79 Å². The fourth-order valence-electron chi connectivity index (χ4n) is 5.47. The predicted molar refractivity (Wildman–Crippen MR) is 169 cm³/mol. The van der Waals surface area contributed by atoms with Gasteiger partial charge < -0.3 is 41.3 Å². The highest BCUT2D eigenvalue weighted by Crippen LogP contribution is 2.39.